The number of ether oxygens (including phenoxy) is 3. The number of alkyl halides is 9. The van der Waals surface area contributed by atoms with Crippen LogP contribution in [0.25, 0.3) is 66.9 Å². The monoisotopic (exact) mass is 1250 g/mol. The van der Waals surface area contributed by atoms with Crippen LogP contribution in [0.15, 0.2) is 91.8 Å². The van der Waals surface area contributed by atoms with Crippen LogP contribution in [0.3, 0.4) is 0 Å². The zero-order chi connectivity index (χ0) is 64.5. The highest BCUT2D eigenvalue weighted by molar-refractivity contribution is 7.86. The smallest absolute Gasteiger partial charge is 0.419 e. The molecule has 0 atom stereocenters. The van der Waals surface area contributed by atoms with Crippen LogP contribution in [0.4, 0.5) is 39.5 Å². The highest BCUT2D eigenvalue weighted by Crippen LogP contribution is 2.42. The van der Waals surface area contributed by atoms with Gasteiger partial charge in [-0.15, -0.1) is 0 Å². The Balaban J connectivity index is 0.000000189. The van der Waals surface area contributed by atoms with Gasteiger partial charge in [0.25, 0.3) is 10.1 Å². The number of rotatable bonds is 17. The first kappa shape index (κ1) is 65.6. The van der Waals surface area contributed by atoms with Crippen molar-refractivity contribution < 1.29 is 71.1 Å². The Labute approximate surface area is 495 Å². The number of hydrogen-bond acceptors (Lipinski definition) is 17. The van der Waals surface area contributed by atoms with E-state index in [1.807, 2.05) is 18.2 Å². The number of carbonyl (C=O) groups excluding carboxylic acids is 1. The molecule has 460 valence electrons. The summed E-state index contributed by atoms with van der Waals surface area (Å²) in [5, 5.41) is 30.8. The van der Waals surface area contributed by atoms with Crippen molar-refractivity contribution in [2.45, 2.75) is 31.9 Å². The van der Waals surface area contributed by atoms with E-state index in [1.54, 1.807) is 74.1 Å². The Hall–Kier alpha value is -9.90. The minimum absolute atomic E-state index is 0.00471. The number of nitrogens with zero attached hydrogens (tertiary/aromatic N) is 13. The first-order valence-electron chi connectivity index (χ1n) is 25.9. The van der Waals surface area contributed by atoms with Gasteiger partial charge in [-0.05, 0) is 79.8 Å². The van der Waals surface area contributed by atoms with Gasteiger partial charge < -0.3 is 38.1 Å². The Morgan fingerprint density at radius 3 is 1.22 bits per heavy atom. The molecular weight excluding hydrogens is 1200 g/mol. The molecule has 0 bridgehead atoms. The van der Waals surface area contributed by atoms with Crippen molar-refractivity contribution in [3.8, 4) is 69.2 Å². The van der Waals surface area contributed by atoms with Gasteiger partial charge in [0, 0.05) is 57.8 Å². The summed E-state index contributed by atoms with van der Waals surface area (Å²) in [4.78, 5) is 37.8. The molecule has 9 rings (SSSR count). The largest absolute Gasteiger partial charge is 0.492 e. The van der Waals surface area contributed by atoms with Crippen LogP contribution in [-0.4, -0.2) is 123 Å². The second kappa shape index (κ2) is 27.2. The van der Waals surface area contributed by atoms with E-state index < -0.39 is 64.3 Å². The lowest BCUT2D eigenvalue weighted by Crippen LogP contribution is -2.30. The second-order valence-corrected chi connectivity index (χ2v) is 20.7. The van der Waals surface area contributed by atoms with Crippen molar-refractivity contribution in [2.24, 2.45) is 21.1 Å². The third kappa shape index (κ3) is 15.7. The Kier molecular flexibility index (Phi) is 20.3. The number of aryl methyl sites for hydroxylation is 3. The minimum Gasteiger partial charge on any atom is -0.492 e. The molecule has 0 aliphatic rings. The molecule has 0 unspecified atom stereocenters. The van der Waals surface area contributed by atoms with Crippen molar-refractivity contribution in [2.75, 3.05) is 59.9 Å². The van der Waals surface area contributed by atoms with Crippen LogP contribution in [0.5, 0.6) is 17.2 Å². The van der Waals surface area contributed by atoms with Crippen LogP contribution in [0.1, 0.15) is 47.1 Å². The number of nitrogens with one attached hydrogen (secondary N) is 1. The summed E-state index contributed by atoms with van der Waals surface area (Å²) in [6.07, 6.45) is -8.34. The van der Waals surface area contributed by atoms with E-state index in [9.17, 15) is 68.5 Å². The van der Waals surface area contributed by atoms with Crippen LogP contribution in [0, 0.1) is 34.0 Å². The summed E-state index contributed by atoms with van der Waals surface area (Å²) in [5.41, 5.74) is 1.27. The molecule has 31 heteroatoms. The van der Waals surface area contributed by atoms with E-state index in [4.69, 9.17) is 14.2 Å². The number of likely N-dealkylation sites (N-methyl/N-ethyl adjacent to an activating group) is 2. The molecule has 6 aromatic heterocycles. The molecule has 21 nitrogen and oxygen atoms in total. The molecule has 0 saturated carbocycles. The molecule has 0 aliphatic heterocycles. The zero-order valence-electron chi connectivity index (χ0n) is 47.6. The van der Waals surface area contributed by atoms with Gasteiger partial charge >= 0.3 is 18.5 Å². The van der Waals surface area contributed by atoms with E-state index in [0.717, 1.165) is 30.5 Å². The standard InChI is InChI=1S/C21H20F3N5O2.C18H16F3N5O.C18H15F3N4O4S/c1-4-19(30)28(2)7-8-31-18-6-5-13(9-14(18)21(22,23)24)15-10-17-20(16(11-25)27-15)26-12-29(17)3;1-23-5-6-27-16-4-3-11(7-12(16)18(19,20)21)13-8-15-17(14(9-22)25-13)24-10-26(15)2;1-25-10-23-17-14(9-22)24-13(8-15(17)25)11-3-4-16(12(7-11)18(19,20)21)28-5-6-29-30(2,26)27/h5-6,9-10,12H,4,7-8H2,1-3H3;3-4,7-8,10,23H,5-6H2,1-2H3;3-4,7-8,10H,5-6H2,1-2H3. The number of amides is 1. The van der Waals surface area contributed by atoms with Crippen molar-refractivity contribution in [1.29, 1.82) is 15.8 Å². The normalized spacial score (nSPS) is 11.7. The van der Waals surface area contributed by atoms with Gasteiger partial charge in [-0.2, -0.15) is 63.7 Å². The summed E-state index contributed by atoms with van der Waals surface area (Å²) in [6, 6.07) is 21.2. The Bertz CT molecular complexity index is 4300. The summed E-state index contributed by atoms with van der Waals surface area (Å²) < 4.78 is 169. The first-order valence-corrected chi connectivity index (χ1v) is 27.7. The van der Waals surface area contributed by atoms with E-state index >= 15 is 0 Å². The fraction of sp³-hybridized carbons (Fsp3) is 0.298. The van der Waals surface area contributed by atoms with E-state index in [-0.39, 0.29) is 88.0 Å². The average Bonchev–Trinajstić information content (AvgIpc) is 2.16. The third-order valence-corrected chi connectivity index (χ3v) is 13.5. The van der Waals surface area contributed by atoms with Crippen molar-refractivity contribution in [1.82, 2.24) is 53.8 Å². The highest BCUT2D eigenvalue weighted by atomic mass is 32.2. The van der Waals surface area contributed by atoms with Crippen molar-refractivity contribution in [3.63, 3.8) is 0 Å². The van der Waals surface area contributed by atoms with Gasteiger partial charge in [0.1, 0.15) is 78.4 Å². The molecule has 0 radical (unpaired) electrons. The number of carbonyl (C=O) groups is 1. The lowest BCUT2D eigenvalue weighted by atomic mass is 10.1. The number of pyridine rings is 3. The number of aromatic nitrogens is 9. The average molecular weight is 1250 g/mol. The number of fused-ring (bicyclic) bond motifs is 3. The van der Waals surface area contributed by atoms with Crippen LogP contribution < -0.4 is 19.5 Å². The Morgan fingerprint density at radius 1 is 0.568 bits per heavy atom. The van der Waals surface area contributed by atoms with Crippen LogP contribution >= 0.6 is 0 Å². The van der Waals surface area contributed by atoms with Gasteiger partial charge in [0.2, 0.25) is 5.91 Å². The maximum Gasteiger partial charge on any atom is 0.419 e. The number of nitriles is 3. The summed E-state index contributed by atoms with van der Waals surface area (Å²) in [7, 11) is 4.67. The highest BCUT2D eigenvalue weighted by Gasteiger charge is 2.37. The molecule has 88 heavy (non-hydrogen) atoms. The van der Waals surface area contributed by atoms with Crippen molar-refractivity contribution in [3.05, 3.63) is 126 Å². The van der Waals surface area contributed by atoms with Gasteiger partial charge in [-0.25, -0.2) is 29.9 Å². The fourth-order valence-corrected chi connectivity index (χ4v) is 8.83. The van der Waals surface area contributed by atoms with E-state index in [0.29, 0.717) is 46.1 Å². The summed E-state index contributed by atoms with van der Waals surface area (Å²) >= 11 is 0. The van der Waals surface area contributed by atoms with Gasteiger partial charge in [0.15, 0.2) is 17.1 Å². The topological polar surface area (TPSA) is 267 Å². The van der Waals surface area contributed by atoms with E-state index in [1.165, 1.54) is 54.2 Å². The fourth-order valence-electron chi connectivity index (χ4n) is 8.46. The molecule has 0 spiro atoms. The van der Waals surface area contributed by atoms with Gasteiger partial charge in [-0.1, -0.05) is 6.92 Å². The predicted octanol–water partition coefficient (Wildman–Crippen LogP) is 9.78. The molecular formula is C57H51F9N14O7S. The summed E-state index contributed by atoms with van der Waals surface area (Å²) in [5.74, 6) is -1.19. The minimum atomic E-state index is -4.74. The first-order chi connectivity index (χ1) is 41.5. The Morgan fingerprint density at radius 2 is 0.909 bits per heavy atom. The van der Waals surface area contributed by atoms with Crippen LogP contribution in [-0.2, 0) is 58.8 Å². The van der Waals surface area contributed by atoms with Gasteiger partial charge in [-0.3, -0.25) is 8.98 Å². The van der Waals surface area contributed by atoms with Gasteiger partial charge in [0.05, 0.1) is 82.1 Å². The molecule has 1 amide bonds. The molecule has 1 N–H and O–H groups in total. The number of hydrogen-bond donors (Lipinski definition) is 1. The lowest BCUT2D eigenvalue weighted by molar-refractivity contribution is -0.139. The number of halogens is 9. The van der Waals surface area contributed by atoms with Crippen molar-refractivity contribution >= 4 is 49.1 Å². The number of imidazole rings is 3. The molecule has 0 saturated heterocycles. The second-order valence-electron chi connectivity index (χ2n) is 19.0. The third-order valence-electron chi connectivity index (χ3n) is 12.9. The van der Waals surface area contributed by atoms with Crippen LogP contribution in [0.2, 0.25) is 0 Å². The molecule has 0 fully saturated rings. The zero-order valence-corrected chi connectivity index (χ0v) is 48.4. The maximum absolute atomic E-state index is 13.7. The quantitative estimate of drug-likeness (QED) is 0.0505. The number of benzene rings is 3. The molecule has 0 aliphatic carbocycles. The predicted molar refractivity (Wildman–Crippen MR) is 300 cm³/mol. The summed E-state index contributed by atoms with van der Waals surface area (Å²) in [6.45, 7) is 1.49. The molecule has 3 aromatic carbocycles. The molecule has 6 heterocycles. The maximum atomic E-state index is 13.7. The SMILES string of the molecule is CCC(=O)N(C)CCOc1ccc(-c2cc3c(ncn3C)c(C#N)n2)cc1C(F)(F)F.CNCCOc1ccc(-c2cc3c(ncn3C)c(C#N)n2)cc1C(F)(F)F.Cn1cnc2c(C#N)nc(-c3ccc(OCCOS(C)(=O)=O)c(C(F)(F)F)c3)cc21. The van der Waals surface area contributed by atoms with E-state index in [2.05, 4.69) is 39.4 Å². The lowest BCUT2D eigenvalue weighted by Gasteiger charge is -2.19. The molecule has 9 aromatic rings.